The van der Waals surface area contributed by atoms with Crippen molar-refractivity contribution < 1.29 is 28.7 Å². The molecule has 36 heavy (non-hydrogen) atoms. The van der Waals surface area contributed by atoms with Crippen LogP contribution in [0.4, 0.5) is 0 Å². The number of likely N-dealkylation sites (tertiary alicyclic amines) is 1. The number of aromatic amines is 1. The van der Waals surface area contributed by atoms with Crippen molar-refractivity contribution in [3.8, 4) is 11.5 Å². The van der Waals surface area contributed by atoms with Crippen molar-refractivity contribution in [2.75, 3.05) is 19.8 Å². The van der Waals surface area contributed by atoms with Gasteiger partial charge in [0.15, 0.2) is 11.5 Å². The lowest BCUT2D eigenvalue weighted by Crippen LogP contribution is -2.36. The highest BCUT2D eigenvalue weighted by Gasteiger charge is 2.46. The molecule has 1 aromatic heterocycles. The molecular formula is C28H32N3O5+. The van der Waals surface area contributed by atoms with Crippen LogP contribution in [0.2, 0.25) is 0 Å². The van der Waals surface area contributed by atoms with Gasteiger partial charge in [0.05, 0.1) is 31.4 Å². The predicted octanol–water partition coefficient (Wildman–Crippen LogP) is 3.92. The molecule has 0 spiro atoms. The number of aliphatic hydroxyl groups is 1. The van der Waals surface area contributed by atoms with Crippen molar-refractivity contribution in [1.82, 2.24) is 9.88 Å². The molecule has 1 amide bonds. The Morgan fingerprint density at radius 3 is 2.44 bits per heavy atom. The Balaban J connectivity index is 1.77. The predicted molar refractivity (Wildman–Crippen MR) is 135 cm³/mol. The second kappa shape index (κ2) is 11.1. The number of aliphatic hydroxyl groups excluding tert-OH is 1. The molecule has 3 aromatic rings. The maximum Gasteiger partial charge on any atom is 0.295 e. The molecule has 188 valence electrons. The quantitative estimate of drug-likeness (QED) is 0.194. The Kier molecular flexibility index (Phi) is 7.73. The molecule has 0 saturated carbocycles. The fourth-order valence-corrected chi connectivity index (χ4v) is 4.45. The number of hydrogen-bond donors (Lipinski definition) is 2. The molecule has 4 rings (SSSR count). The van der Waals surface area contributed by atoms with Crippen LogP contribution in [0.25, 0.3) is 5.76 Å². The average Bonchev–Trinajstić information content (AvgIpc) is 3.48. The maximum absolute atomic E-state index is 13.3. The van der Waals surface area contributed by atoms with Crippen LogP contribution in [0.1, 0.15) is 43.0 Å². The summed E-state index contributed by atoms with van der Waals surface area (Å²) in [6, 6.07) is 11.9. The third-order valence-electron chi connectivity index (χ3n) is 6.17. The lowest BCUT2D eigenvalue weighted by Gasteiger charge is -2.26. The van der Waals surface area contributed by atoms with Crippen LogP contribution in [0, 0.1) is 6.92 Å². The van der Waals surface area contributed by atoms with Crippen molar-refractivity contribution in [1.29, 1.82) is 0 Å². The van der Waals surface area contributed by atoms with E-state index in [9.17, 15) is 14.7 Å². The molecule has 0 bridgehead atoms. The summed E-state index contributed by atoms with van der Waals surface area (Å²) in [7, 11) is 0. The van der Waals surface area contributed by atoms with Gasteiger partial charge >= 0.3 is 0 Å². The summed E-state index contributed by atoms with van der Waals surface area (Å²) in [5, 5.41) is 11.3. The Hall–Kier alpha value is -4.07. The van der Waals surface area contributed by atoms with Crippen LogP contribution in [-0.2, 0) is 16.1 Å². The Morgan fingerprint density at radius 2 is 1.78 bits per heavy atom. The molecule has 1 atom stereocenters. The second-order valence-corrected chi connectivity index (χ2v) is 8.63. The normalized spacial score (nSPS) is 17.0. The van der Waals surface area contributed by atoms with E-state index in [0.717, 1.165) is 5.56 Å². The summed E-state index contributed by atoms with van der Waals surface area (Å²) in [4.78, 5) is 31.0. The molecular weight excluding hydrogens is 458 g/mol. The molecule has 2 heterocycles. The number of aryl methyl sites for hydroxylation is 2. The molecule has 8 nitrogen and oxygen atoms in total. The number of imidazole rings is 1. The number of benzene rings is 2. The van der Waals surface area contributed by atoms with Crippen LogP contribution >= 0.6 is 0 Å². The minimum absolute atomic E-state index is 0.0739. The number of Topliss-reactive ketones (excluding diaryl/α,β-unsaturated/α-hetero) is 1. The zero-order valence-corrected chi connectivity index (χ0v) is 20.9. The number of carbonyl (C=O) groups is 2. The highest BCUT2D eigenvalue weighted by Crippen LogP contribution is 2.42. The number of nitrogens with zero attached hydrogens (tertiary/aromatic N) is 2. The average molecular weight is 491 g/mol. The lowest BCUT2D eigenvalue weighted by atomic mass is 9.94. The van der Waals surface area contributed by atoms with E-state index in [1.807, 2.05) is 62.3 Å². The van der Waals surface area contributed by atoms with E-state index in [-0.39, 0.29) is 11.3 Å². The first-order valence-electron chi connectivity index (χ1n) is 12.2. The van der Waals surface area contributed by atoms with E-state index in [1.165, 1.54) is 0 Å². The standard InChI is InChI=1S/C28H31N3O5/c1-4-35-22-12-11-21(17-23(22)36-5-2)25-24(26(32)20-9-7-19(3)8-10-20)27(33)28(34)31(25)15-6-14-30-16-13-29-18-30/h7-13,16-18,25H,4-6,14-15H2,1-3H3,(H,32,33)/p+1. The van der Waals surface area contributed by atoms with E-state index < -0.39 is 17.7 Å². The van der Waals surface area contributed by atoms with E-state index in [0.29, 0.717) is 55.4 Å². The molecule has 1 fully saturated rings. The van der Waals surface area contributed by atoms with Crippen molar-refractivity contribution >= 4 is 17.4 Å². The number of amides is 1. The number of hydrogen-bond acceptors (Lipinski definition) is 5. The van der Waals surface area contributed by atoms with E-state index >= 15 is 0 Å². The minimum Gasteiger partial charge on any atom is -0.507 e. The maximum atomic E-state index is 13.3. The minimum atomic E-state index is -0.752. The number of ketones is 1. The van der Waals surface area contributed by atoms with Gasteiger partial charge in [-0.2, -0.15) is 0 Å². The Morgan fingerprint density at radius 1 is 1.06 bits per heavy atom. The summed E-state index contributed by atoms with van der Waals surface area (Å²) in [6.45, 7) is 7.64. The summed E-state index contributed by atoms with van der Waals surface area (Å²) < 4.78 is 13.5. The SMILES string of the molecule is CCOc1ccc(C2C(=C(O)c3ccc(C)cc3)C(=O)C(=O)N2CCC[n+]2cc[nH]c2)cc1OCC. The van der Waals surface area contributed by atoms with Crippen LogP contribution in [0.3, 0.4) is 0 Å². The number of nitrogens with one attached hydrogen (secondary N) is 1. The van der Waals surface area contributed by atoms with Gasteiger partial charge in [0.25, 0.3) is 11.7 Å². The highest BCUT2D eigenvalue weighted by atomic mass is 16.5. The van der Waals surface area contributed by atoms with E-state index in [1.54, 1.807) is 29.2 Å². The van der Waals surface area contributed by atoms with Gasteiger partial charge in [-0.15, -0.1) is 0 Å². The van der Waals surface area contributed by atoms with Crippen LogP contribution < -0.4 is 14.0 Å². The Labute approximate surface area is 210 Å². The summed E-state index contributed by atoms with van der Waals surface area (Å²) in [5.41, 5.74) is 2.26. The number of ether oxygens (including phenoxy) is 2. The van der Waals surface area contributed by atoms with Gasteiger partial charge < -0.3 is 19.5 Å². The number of H-pyrrole nitrogens is 1. The largest absolute Gasteiger partial charge is 0.507 e. The lowest BCUT2D eigenvalue weighted by molar-refractivity contribution is -0.695. The molecule has 1 saturated heterocycles. The molecule has 1 aliphatic heterocycles. The number of aromatic nitrogens is 2. The van der Waals surface area contributed by atoms with E-state index in [2.05, 4.69) is 4.98 Å². The molecule has 2 aromatic carbocycles. The third-order valence-corrected chi connectivity index (χ3v) is 6.17. The number of carbonyl (C=O) groups excluding carboxylic acids is 2. The van der Waals surface area contributed by atoms with E-state index in [4.69, 9.17) is 9.47 Å². The van der Waals surface area contributed by atoms with Gasteiger partial charge in [-0.3, -0.25) is 14.6 Å². The Bertz CT molecular complexity index is 1250. The van der Waals surface area contributed by atoms with Crippen molar-refractivity contribution in [2.45, 2.75) is 39.8 Å². The molecule has 1 unspecified atom stereocenters. The first kappa shape index (κ1) is 25.0. The van der Waals surface area contributed by atoms with Gasteiger partial charge in [-0.05, 0) is 38.5 Å². The first-order chi connectivity index (χ1) is 17.4. The van der Waals surface area contributed by atoms with Crippen LogP contribution in [0.15, 0.2) is 66.8 Å². The van der Waals surface area contributed by atoms with Crippen molar-refractivity contribution in [3.05, 3.63) is 83.4 Å². The van der Waals surface area contributed by atoms with Crippen LogP contribution in [-0.4, -0.2) is 46.4 Å². The number of rotatable bonds is 10. The van der Waals surface area contributed by atoms with Crippen molar-refractivity contribution in [3.63, 3.8) is 0 Å². The van der Waals surface area contributed by atoms with Gasteiger partial charge in [-0.25, -0.2) is 4.57 Å². The molecule has 1 aliphatic rings. The van der Waals surface area contributed by atoms with Gasteiger partial charge in [0.2, 0.25) is 6.33 Å². The fraction of sp³-hybridized carbons (Fsp3) is 0.321. The van der Waals surface area contributed by atoms with Gasteiger partial charge in [-0.1, -0.05) is 35.9 Å². The summed E-state index contributed by atoms with van der Waals surface area (Å²) >= 11 is 0. The zero-order chi connectivity index (χ0) is 25.7. The topological polar surface area (TPSA) is 95.7 Å². The molecule has 0 aliphatic carbocycles. The molecule has 2 N–H and O–H groups in total. The van der Waals surface area contributed by atoms with Gasteiger partial charge in [0.1, 0.15) is 18.2 Å². The zero-order valence-electron chi connectivity index (χ0n) is 20.9. The fourth-order valence-electron chi connectivity index (χ4n) is 4.45. The monoisotopic (exact) mass is 490 g/mol. The second-order valence-electron chi connectivity index (χ2n) is 8.63. The summed E-state index contributed by atoms with van der Waals surface area (Å²) in [6.07, 6.45) is 6.20. The third kappa shape index (κ3) is 5.12. The van der Waals surface area contributed by atoms with Gasteiger partial charge in [0, 0.05) is 18.5 Å². The molecule has 0 radical (unpaired) electrons. The summed E-state index contributed by atoms with van der Waals surface area (Å²) in [5.74, 6) is -0.394. The van der Waals surface area contributed by atoms with Crippen molar-refractivity contribution in [2.24, 2.45) is 0 Å². The van der Waals surface area contributed by atoms with Crippen LogP contribution in [0.5, 0.6) is 11.5 Å². The first-order valence-corrected chi connectivity index (χ1v) is 12.2. The molecule has 8 heteroatoms. The highest BCUT2D eigenvalue weighted by molar-refractivity contribution is 6.46. The smallest absolute Gasteiger partial charge is 0.295 e.